The third-order valence-electron chi connectivity index (χ3n) is 5.20. The summed E-state index contributed by atoms with van der Waals surface area (Å²) in [7, 11) is 0. The summed E-state index contributed by atoms with van der Waals surface area (Å²) in [6, 6.07) is 5.31. The van der Waals surface area contributed by atoms with Crippen molar-refractivity contribution in [3.05, 3.63) is 35.2 Å². The van der Waals surface area contributed by atoms with Crippen molar-refractivity contribution in [3.8, 4) is 0 Å². The average Bonchev–Trinajstić information content (AvgIpc) is 3.07. The van der Waals surface area contributed by atoms with Crippen LogP contribution in [0.2, 0.25) is 0 Å². The van der Waals surface area contributed by atoms with E-state index in [0.29, 0.717) is 30.7 Å². The van der Waals surface area contributed by atoms with Gasteiger partial charge in [-0.25, -0.2) is 9.97 Å². The van der Waals surface area contributed by atoms with E-state index in [-0.39, 0.29) is 36.1 Å². The third-order valence-corrected chi connectivity index (χ3v) is 5.20. The van der Waals surface area contributed by atoms with E-state index in [2.05, 4.69) is 20.6 Å². The van der Waals surface area contributed by atoms with Gasteiger partial charge >= 0.3 is 0 Å². The zero-order valence-electron chi connectivity index (χ0n) is 17.3. The number of aryl methyl sites for hydroxylation is 2. The summed E-state index contributed by atoms with van der Waals surface area (Å²) in [4.78, 5) is 47.2. The van der Waals surface area contributed by atoms with Gasteiger partial charge in [-0.1, -0.05) is 0 Å². The second kappa shape index (κ2) is 8.55. The molecule has 8 nitrogen and oxygen atoms in total. The first-order chi connectivity index (χ1) is 13.8. The normalized spacial score (nSPS) is 16.5. The molecule has 1 aromatic heterocycles. The van der Waals surface area contributed by atoms with Crippen molar-refractivity contribution in [3.63, 3.8) is 0 Å². The maximum Gasteiger partial charge on any atom is 0.251 e. The first kappa shape index (κ1) is 20.7. The van der Waals surface area contributed by atoms with Crippen molar-refractivity contribution < 1.29 is 14.4 Å². The maximum atomic E-state index is 12.4. The summed E-state index contributed by atoms with van der Waals surface area (Å²) in [6.07, 6.45) is 0.243. The fourth-order valence-electron chi connectivity index (χ4n) is 3.39. The molecule has 2 N–H and O–H groups in total. The van der Waals surface area contributed by atoms with Gasteiger partial charge in [0, 0.05) is 37.7 Å². The molecule has 0 aliphatic carbocycles. The third kappa shape index (κ3) is 4.70. The molecule has 1 aliphatic rings. The van der Waals surface area contributed by atoms with Crippen LogP contribution < -0.4 is 10.6 Å². The molecular formula is C21H27N5O3. The number of benzene rings is 1. The molecule has 1 unspecified atom stereocenters. The van der Waals surface area contributed by atoms with Gasteiger partial charge in [0.05, 0.1) is 28.3 Å². The molecule has 154 valence electrons. The molecule has 1 aromatic carbocycles. The number of aromatic nitrogens is 2. The minimum Gasteiger partial charge on any atom is -0.354 e. The summed E-state index contributed by atoms with van der Waals surface area (Å²) in [5.41, 5.74) is 3.62. The number of rotatable bonds is 6. The maximum absolute atomic E-state index is 12.4. The highest BCUT2D eigenvalue weighted by molar-refractivity contribution is 5.97. The fraction of sp³-hybridized carbons (Fsp3) is 0.476. The molecule has 29 heavy (non-hydrogen) atoms. The van der Waals surface area contributed by atoms with Gasteiger partial charge in [-0.2, -0.15) is 0 Å². The Morgan fingerprint density at radius 1 is 1.10 bits per heavy atom. The number of carbonyl (C=O) groups is 3. The molecular weight excluding hydrogens is 370 g/mol. The largest absolute Gasteiger partial charge is 0.354 e. The highest BCUT2D eigenvalue weighted by Crippen LogP contribution is 2.20. The minimum atomic E-state index is -0.327. The lowest BCUT2D eigenvalue weighted by molar-refractivity contribution is -0.129. The molecule has 1 atom stereocenters. The number of nitrogens with zero attached hydrogens (tertiary/aromatic N) is 3. The van der Waals surface area contributed by atoms with Crippen molar-refractivity contribution in [1.29, 1.82) is 0 Å². The van der Waals surface area contributed by atoms with Crippen LogP contribution in [0.15, 0.2) is 18.2 Å². The lowest BCUT2D eigenvalue weighted by atomic mass is 10.1. The highest BCUT2D eigenvalue weighted by Gasteiger charge is 2.35. The summed E-state index contributed by atoms with van der Waals surface area (Å²) in [6.45, 7) is 8.72. The number of carbonyl (C=O) groups excluding carboxylic acids is 3. The van der Waals surface area contributed by atoms with E-state index in [1.165, 1.54) is 0 Å². The van der Waals surface area contributed by atoms with Crippen LogP contribution in [0.5, 0.6) is 0 Å². The van der Waals surface area contributed by atoms with Gasteiger partial charge in [0.1, 0.15) is 0 Å². The zero-order valence-corrected chi connectivity index (χ0v) is 17.3. The molecule has 0 saturated carbocycles. The van der Waals surface area contributed by atoms with Gasteiger partial charge in [-0.05, 0) is 45.9 Å². The van der Waals surface area contributed by atoms with E-state index >= 15 is 0 Å². The van der Waals surface area contributed by atoms with Crippen molar-refractivity contribution in [1.82, 2.24) is 25.5 Å². The van der Waals surface area contributed by atoms with E-state index < -0.39 is 0 Å². The number of likely N-dealkylation sites (tertiary alicyclic amines) is 1. The van der Waals surface area contributed by atoms with E-state index in [0.717, 1.165) is 16.9 Å². The Labute approximate surface area is 170 Å². The fourth-order valence-corrected chi connectivity index (χ4v) is 3.39. The molecule has 3 rings (SSSR count). The lowest BCUT2D eigenvalue weighted by Crippen LogP contribution is -2.39. The Hall–Kier alpha value is -3.03. The number of hydrogen-bond donors (Lipinski definition) is 2. The van der Waals surface area contributed by atoms with E-state index in [9.17, 15) is 14.4 Å². The van der Waals surface area contributed by atoms with Crippen LogP contribution in [0, 0.1) is 19.8 Å². The predicted octanol–water partition coefficient (Wildman–Crippen LogP) is 1.35. The topological polar surface area (TPSA) is 104 Å². The van der Waals surface area contributed by atoms with Crippen molar-refractivity contribution >= 4 is 28.8 Å². The van der Waals surface area contributed by atoms with Crippen LogP contribution in [0.25, 0.3) is 11.0 Å². The lowest BCUT2D eigenvalue weighted by Gasteiger charge is -2.20. The molecule has 1 fully saturated rings. The van der Waals surface area contributed by atoms with Crippen LogP contribution in [0.1, 0.15) is 42.0 Å². The van der Waals surface area contributed by atoms with Gasteiger partial charge in [0.25, 0.3) is 5.91 Å². The quantitative estimate of drug-likeness (QED) is 0.716. The standard InChI is InChI=1S/C21H27N5O3/c1-12(2)26-11-16(10-19(26)27)21(29)23-8-7-22-20(28)15-5-6-17-18(9-15)25-14(4)13(3)24-17/h5-6,9,12,16H,7-8,10-11H2,1-4H3,(H,22,28)(H,23,29). The predicted molar refractivity (Wildman–Crippen MR) is 109 cm³/mol. The molecule has 1 aliphatic heterocycles. The number of amides is 3. The van der Waals surface area contributed by atoms with Crippen LogP contribution in [0.3, 0.4) is 0 Å². The zero-order chi connectivity index (χ0) is 21.1. The Morgan fingerprint density at radius 2 is 1.76 bits per heavy atom. The molecule has 2 heterocycles. The molecule has 3 amide bonds. The van der Waals surface area contributed by atoms with Crippen LogP contribution in [0.4, 0.5) is 0 Å². The SMILES string of the molecule is Cc1nc2ccc(C(=O)NCCNC(=O)C3CC(=O)N(C(C)C)C3)cc2nc1C. The summed E-state index contributed by atoms with van der Waals surface area (Å²) >= 11 is 0. The van der Waals surface area contributed by atoms with Crippen LogP contribution >= 0.6 is 0 Å². The molecule has 8 heteroatoms. The van der Waals surface area contributed by atoms with Crippen molar-refractivity contribution in [2.75, 3.05) is 19.6 Å². The molecule has 0 spiro atoms. The second-order valence-corrected chi connectivity index (χ2v) is 7.69. The smallest absolute Gasteiger partial charge is 0.251 e. The Bertz CT molecular complexity index is 957. The first-order valence-electron chi connectivity index (χ1n) is 9.86. The van der Waals surface area contributed by atoms with Gasteiger partial charge in [-0.3, -0.25) is 14.4 Å². The Balaban J connectivity index is 1.49. The molecule has 1 saturated heterocycles. The number of hydrogen-bond acceptors (Lipinski definition) is 5. The number of fused-ring (bicyclic) bond motifs is 1. The minimum absolute atomic E-state index is 0.0123. The Morgan fingerprint density at radius 3 is 2.41 bits per heavy atom. The van der Waals surface area contributed by atoms with Crippen molar-refractivity contribution in [2.45, 2.75) is 40.2 Å². The van der Waals surface area contributed by atoms with E-state index in [4.69, 9.17) is 0 Å². The molecule has 0 bridgehead atoms. The number of nitrogens with one attached hydrogen (secondary N) is 2. The summed E-state index contributed by atoms with van der Waals surface area (Å²) in [5, 5.41) is 5.59. The average molecular weight is 397 g/mol. The second-order valence-electron chi connectivity index (χ2n) is 7.69. The van der Waals surface area contributed by atoms with Gasteiger partial charge < -0.3 is 15.5 Å². The molecule has 2 aromatic rings. The summed E-state index contributed by atoms with van der Waals surface area (Å²) in [5.74, 6) is -0.699. The summed E-state index contributed by atoms with van der Waals surface area (Å²) < 4.78 is 0. The molecule has 0 radical (unpaired) electrons. The van der Waals surface area contributed by atoms with E-state index in [1.807, 2.05) is 27.7 Å². The van der Waals surface area contributed by atoms with Gasteiger partial charge in [0.2, 0.25) is 11.8 Å². The monoisotopic (exact) mass is 397 g/mol. The van der Waals surface area contributed by atoms with Gasteiger partial charge in [0.15, 0.2) is 0 Å². The Kier molecular flexibility index (Phi) is 6.10. The van der Waals surface area contributed by atoms with Gasteiger partial charge in [-0.15, -0.1) is 0 Å². The highest BCUT2D eigenvalue weighted by atomic mass is 16.2. The first-order valence-corrected chi connectivity index (χ1v) is 9.86. The van der Waals surface area contributed by atoms with Crippen LogP contribution in [-0.4, -0.2) is 58.3 Å². The van der Waals surface area contributed by atoms with Crippen LogP contribution in [-0.2, 0) is 9.59 Å². The van der Waals surface area contributed by atoms with Crippen molar-refractivity contribution in [2.24, 2.45) is 5.92 Å². The van der Waals surface area contributed by atoms with E-state index in [1.54, 1.807) is 23.1 Å².